The van der Waals surface area contributed by atoms with E-state index in [9.17, 15) is 9.59 Å². The second kappa shape index (κ2) is 8.71. The Hall–Kier alpha value is -2.12. The average Bonchev–Trinajstić information content (AvgIpc) is 3.16. The zero-order valence-corrected chi connectivity index (χ0v) is 18.3. The molecule has 152 valence electrons. The Bertz CT molecular complexity index is 1100. The first-order chi connectivity index (χ1) is 14.0. The number of fused-ring (bicyclic) bond motifs is 2. The zero-order valence-electron chi connectivity index (χ0n) is 16.6. The number of thioether (sulfide) groups is 1. The van der Waals surface area contributed by atoms with Gasteiger partial charge in [0.2, 0.25) is 0 Å². The molecule has 0 saturated carbocycles. The minimum absolute atomic E-state index is 0.103. The van der Waals surface area contributed by atoms with Gasteiger partial charge in [-0.15, -0.1) is 11.3 Å². The van der Waals surface area contributed by atoms with E-state index < -0.39 is 0 Å². The monoisotopic (exact) mass is 428 g/mol. The van der Waals surface area contributed by atoms with Gasteiger partial charge in [0.05, 0.1) is 17.2 Å². The van der Waals surface area contributed by atoms with E-state index in [-0.39, 0.29) is 23.4 Å². The molecule has 2 aromatic heterocycles. The summed E-state index contributed by atoms with van der Waals surface area (Å²) in [6.07, 6.45) is 5.40. The first kappa shape index (κ1) is 20.2. The average molecular weight is 429 g/mol. The van der Waals surface area contributed by atoms with Crippen LogP contribution in [0.3, 0.4) is 0 Å². The van der Waals surface area contributed by atoms with Crippen molar-refractivity contribution in [2.75, 3.05) is 5.75 Å². The van der Waals surface area contributed by atoms with Crippen molar-refractivity contribution in [1.29, 1.82) is 0 Å². The quantitative estimate of drug-likeness (QED) is 0.341. The highest BCUT2D eigenvalue weighted by Crippen LogP contribution is 2.34. The molecule has 0 saturated heterocycles. The van der Waals surface area contributed by atoms with Crippen molar-refractivity contribution in [3.63, 3.8) is 0 Å². The highest BCUT2D eigenvalue weighted by molar-refractivity contribution is 7.99. The summed E-state index contributed by atoms with van der Waals surface area (Å²) in [6, 6.07) is 6.53. The molecular formula is C22H24N2O3S2. The number of aromatic nitrogens is 2. The van der Waals surface area contributed by atoms with Crippen LogP contribution in [0.2, 0.25) is 0 Å². The summed E-state index contributed by atoms with van der Waals surface area (Å²) in [5.41, 5.74) is 4.65. The number of esters is 1. The topological polar surface area (TPSA) is 72.0 Å². The van der Waals surface area contributed by atoms with E-state index in [1.54, 1.807) is 0 Å². The number of carbonyl (C=O) groups excluding carboxylic acids is 1. The molecule has 1 N–H and O–H groups in total. The molecule has 0 spiro atoms. The molecule has 0 aliphatic heterocycles. The SMILES string of the molecule is CCC(C)OC(=O)CSc1nc2scc(-c3ccc4c(c3)CCCC4)c2c(=O)[nH]1. The van der Waals surface area contributed by atoms with Gasteiger partial charge in [-0.25, -0.2) is 4.98 Å². The molecule has 3 aromatic rings. The lowest BCUT2D eigenvalue weighted by Crippen LogP contribution is -2.16. The van der Waals surface area contributed by atoms with Crippen LogP contribution in [-0.2, 0) is 22.4 Å². The van der Waals surface area contributed by atoms with Crippen molar-refractivity contribution < 1.29 is 9.53 Å². The Labute approximate surface area is 177 Å². The molecule has 1 aromatic carbocycles. The first-order valence-electron chi connectivity index (χ1n) is 10.0. The zero-order chi connectivity index (χ0) is 20.4. The molecule has 4 rings (SSSR count). The van der Waals surface area contributed by atoms with Crippen LogP contribution >= 0.6 is 23.1 Å². The van der Waals surface area contributed by atoms with Gasteiger partial charge in [-0.3, -0.25) is 9.59 Å². The molecular weight excluding hydrogens is 404 g/mol. The summed E-state index contributed by atoms with van der Waals surface area (Å²) in [6.45, 7) is 3.83. The summed E-state index contributed by atoms with van der Waals surface area (Å²) in [4.78, 5) is 32.8. The normalized spacial score (nSPS) is 14.6. The maximum absolute atomic E-state index is 12.8. The van der Waals surface area contributed by atoms with Crippen LogP contribution in [0.5, 0.6) is 0 Å². The van der Waals surface area contributed by atoms with Gasteiger partial charge in [0.25, 0.3) is 5.56 Å². The number of aromatic amines is 1. The van der Waals surface area contributed by atoms with Crippen LogP contribution in [0.4, 0.5) is 0 Å². The molecule has 0 bridgehead atoms. The molecule has 0 amide bonds. The minimum Gasteiger partial charge on any atom is -0.462 e. The van der Waals surface area contributed by atoms with Gasteiger partial charge in [0.15, 0.2) is 5.16 Å². The number of hydrogen-bond donors (Lipinski definition) is 1. The highest BCUT2D eigenvalue weighted by atomic mass is 32.2. The third-order valence-electron chi connectivity index (χ3n) is 5.32. The van der Waals surface area contributed by atoms with Crippen molar-refractivity contribution in [2.45, 2.75) is 57.2 Å². The van der Waals surface area contributed by atoms with Crippen molar-refractivity contribution in [3.8, 4) is 11.1 Å². The second-order valence-corrected chi connectivity index (χ2v) is 9.21. The molecule has 2 heterocycles. The fourth-order valence-electron chi connectivity index (χ4n) is 3.58. The number of H-pyrrole nitrogens is 1. The molecule has 29 heavy (non-hydrogen) atoms. The third kappa shape index (κ3) is 4.41. The third-order valence-corrected chi connectivity index (χ3v) is 7.04. The summed E-state index contributed by atoms with van der Waals surface area (Å²) in [7, 11) is 0. The Kier molecular flexibility index (Phi) is 6.06. The van der Waals surface area contributed by atoms with E-state index >= 15 is 0 Å². The van der Waals surface area contributed by atoms with Gasteiger partial charge in [-0.2, -0.15) is 0 Å². The number of ether oxygens (including phenoxy) is 1. The highest BCUT2D eigenvalue weighted by Gasteiger charge is 2.17. The Balaban J connectivity index is 1.58. The van der Waals surface area contributed by atoms with E-state index in [4.69, 9.17) is 4.74 Å². The Morgan fingerprint density at radius 3 is 2.90 bits per heavy atom. The number of thiophene rings is 1. The van der Waals surface area contributed by atoms with Crippen LogP contribution in [0.25, 0.3) is 21.3 Å². The fourth-order valence-corrected chi connectivity index (χ4v) is 5.23. The summed E-state index contributed by atoms with van der Waals surface area (Å²) >= 11 is 2.66. The van der Waals surface area contributed by atoms with Gasteiger partial charge in [-0.1, -0.05) is 36.9 Å². The molecule has 0 fully saturated rings. The molecule has 1 unspecified atom stereocenters. The van der Waals surface area contributed by atoms with E-state index in [0.29, 0.717) is 15.4 Å². The van der Waals surface area contributed by atoms with Crippen molar-refractivity contribution in [3.05, 3.63) is 45.1 Å². The smallest absolute Gasteiger partial charge is 0.316 e. The van der Waals surface area contributed by atoms with E-state index in [2.05, 4.69) is 28.2 Å². The van der Waals surface area contributed by atoms with Crippen LogP contribution in [0.15, 0.2) is 33.5 Å². The van der Waals surface area contributed by atoms with Crippen LogP contribution in [0, 0.1) is 0 Å². The van der Waals surface area contributed by atoms with Crippen LogP contribution in [0.1, 0.15) is 44.2 Å². The number of carbonyl (C=O) groups is 1. The lowest BCUT2D eigenvalue weighted by Gasteiger charge is -2.16. The number of hydrogen-bond acceptors (Lipinski definition) is 6. The number of nitrogens with one attached hydrogen (secondary N) is 1. The van der Waals surface area contributed by atoms with Gasteiger partial charge >= 0.3 is 5.97 Å². The Morgan fingerprint density at radius 2 is 2.10 bits per heavy atom. The van der Waals surface area contributed by atoms with Gasteiger partial charge in [0, 0.05) is 10.9 Å². The van der Waals surface area contributed by atoms with E-state index in [1.807, 2.05) is 19.2 Å². The number of aryl methyl sites for hydroxylation is 2. The maximum atomic E-state index is 12.8. The van der Waals surface area contributed by atoms with Crippen molar-refractivity contribution in [2.24, 2.45) is 0 Å². The molecule has 1 aliphatic carbocycles. The first-order valence-corrected chi connectivity index (χ1v) is 11.9. The molecule has 5 nitrogen and oxygen atoms in total. The fraction of sp³-hybridized carbons (Fsp3) is 0.409. The maximum Gasteiger partial charge on any atom is 0.316 e. The van der Waals surface area contributed by atoms with Crippen molar-refractivity contribution >= 4 is 39.3 Å². The van der Waals surface area contributed by atoms with Crippen molar-refractivity contribution in [1.82, 2.24) is 9.97 Å². The lowest BCUT2D eigenvalue weighted by molar-refractivity contribution is -0.144. The predicted molar refractivity (Wildman–Crippen MR) is 119 cm³/mol. The minimum atomic E-state index is -0.298. The molecule has 7 heteroatoms. The van der Waals surface area contributed by atoms with E-state index in [1.165, 1.54) is 47.1 Å². The number of rotatable bonds is 6. The standard InChI is InChI=1S/C22H24N2O3S2/c1-3-13(2)27-18(25)12-29-22-23-20(26)19-17(11-28-21(19)24-22)16-9-8-14-6-4-5-7-15(14)10-16/h8-11,13H,3-7,12H2,1-2H3,(H,23,24,26). The summed E-state index contributed by atoms with van der Waals surface area (Å²) in [5, 5.41) is 3.07. The molecule has 0 radical (unpaired) electrons. The lowest BCUT2D eigenvalue weighted by atomic mass is 9.89. The van der Waals surface area contributed by atoms with E-state index in [0.717, 1.165) is 30.4 Å². The predicted octanol–water partition coefficient (Wildman–Crippen LogP) is 4.96. The second-order valence-electron chi connectivity index (χ2n) is 7.39. The summed E-state index contributed by atoms with van der Waals surface area (Å²) < 4.78 is 5.27. The Morgan fingerprint density at radius 1 is 1.31 bits per heavy atom. The number of benzene rings is 1. The largest absolute Gasteiger partial charge is 0.462 e. The molecule has 1 aliphatic rings. The number of nitrogens with zero attached hydrogens (tertiary/aromatic N) is 1. The van der Waals surface area contributed by atoms with Crippen LogP contribution < -0.4 is 5.56 Å². The van der Waals surface area contributed by atoms with Crippen LogP contribution in [-0.4, -0.2) is 27.8 Å². The summed E-state index contributed by atoms with van der Waals surface area (Å²) in [5.74, 6) is -0.171. The van der Waals surface area contributed by atoms with Gasteiger partial charge in [-0.05, 0) is 55.7 Å². The molecule has 1 atom stereocenters. The van der Waals surface area contributed by atoms with Gasteiger partial charge < -0.3 is 9.72 Å². The van der Waals surface area contributed by atoms with Gasteiger partial charge in [0.1, 0.15) is 4.83 Å².